The Bertz CT molecular complexity index is 352. The summed E-state index contributed by atoms with van der Waals surface area (Å²) in [5.41, 5.74) is 0. The van der Waals surface area contributed by atoms with Crippen molar-refractivity contribution in [1.82, 2.24) is 10.6 Å². The van der Waals surface area contributed by atoms with Crippen molar-refractivity contribution >= 4 is 15.7 Å². The molecule has 1 aliphatic rings. The van der Waals surface area contributed by atoms with E-state index < -0.39 is 9.84 Å². The lowest BCUT2D eigenvalue weighted by atomic mass is 10.1. The Morgan fingerprint density at radius 2 is 2.12 bits per heavy atom. The third-order valence-corrected chi connectivity index (χ3v) is 4.66. The average molecular weight is 262 g/mol. The van der Waals surface area contributed by atoms with Gasteiger partial charge < -0.3 is 10.6 Å². The maximum absolute atomic E-state index is 11.4. The second-order valence-corrected chi connectivity index (χ2v) is 7.16. The van der Waals surface area contributed by atoms with E-state index in [2.05, 4.69) is 10.6 Å². The van der Waals surface area contributed by atoms with E-state index in [0.717, 1.165) is 0 Å². The van der Waals surface area contributed by atoms with E-state index in [4.69, 9.17) is 0 Å². The van der Waals surface area contributed by atoms with Crippen molar-refractivity contribution in [3.8, 4) is 0 Å². The van der Waals surface area contributed by atoms with Gasteiger partial charge in [0.15, 0.2) is 9.84 Å². The van der Waals surface area contributed by atoms with Gasteiger partial charge in [0, 0.05) is 25.6 Å². The van der Waals surface area contributed by atoms with Crippen molar-refractivity contribution in [2.24, 2.45) is 5.92 Å². The normalized spacial score (nSPS) is 22.9. The molecule has 0 radical (unpaired) electrons. The smallest absolute Gasteiger partial charge is 0.221 e. The van der Waals surface area contributed by atoms with Gasteiger partial charge in [-0.3, -0.25) is 4.79 Å². The Morgan fingerprint density at radius 3 is 2.65 bits per heavy atom. The zero-order valence-corrected chi connectivity index (χ0v) is 11.3. The molecule has 1 fully saturated rings. The molecule has 17 heavy (non-hydrogen) atoms. The fraction of sp³-hybridized carbons (Fsp3) is 0.909. The number of hydrogen-bond donors (Lipinski definition) is 2. The quantitative estimate of drug-likeness (QED) is 0.702. The van der Waals surface area contributed by atoms with Crippen LogP contribution in [-0.4, -0.2) is 45.0 Å². The van der Waals surface area contributed by atoms with Gasteiger partial charge >= 0.3 is 0 Å². The molecule has 5 nitrogen and oxygen atoms in total. The number of amides is 1. The lowest BCUT2D eigenvalue weighted by molar-refractivity contribution is -0.121. The Balaban J connectivity index is 2.12. The summed E-state index contributed by atoms with van der Waals surface area (Å²) >= 11 is 0. The molecule has 0 aromatic rings. The minimum Gasteiger partial charge on any atom is -0.356 e. The molecule has 0 saturated carbocycles. The summed E-state index contributed by atoms with van der Waals surface area (Å²) in [5.74, 6) is 0.574. The number of carbonyl (C=O) groups excluding carboxylic acids is 1. The fourth-order valence-corrected chi connectivity index (χ4v) is 3.72. The average Bonchev–Trinajstić information content (AvgIpc) is 2.55. The lowest BCUT2D eigenvalue weighted by Crippen LogP contribution is -2.33. The molecule has 2 N–H and O–H groups in total. The second kappa shape index (κ2) is 6.35. The molecular formula is C11H22N2O3S. The van der Waals surface area contributed by atoms with E-state index in [1.54, 1.807) is 0 Å². The zero-order valence-electron chi connectivity index (χ0n) is 10.5. The summed E-state index contributed by atoms with van der Waals surface area (Å²) in [4.78, 5) is 11.4. The highest BCUT2D eigenvalue weighted by atomic mass is 32.2. The summed E-state index contributed by atoms with van der Waals surface area (Å²) in [6.45, 7) is 5.20. The molecule has 1 unspecified atom stereocenters. The van der Waals surface area contributed by atoms with Crippen LogP contribution in [0.25, 0.3) is 0 Å². The molecule has 1 amide bonds. The minimum atomic E-state index is -2.84. The highest BCUT2D eigenvalue weighted by Gasteiger charge is 2.27. The maximum Gasteiger partial charge on any atom is 0.221 e. The van der Waals surface area contributed by atoms with Crippen molar-refractivity contribution in [1.29, 1.82) is 0 Å². The van der Waals surface area contributed by atoms with Crippen LogP contribution in [0.5, 0.6) is 0 Å². The van der Waals surface area contributed by atoms with Gasteiger partial charge in [-0.25, -0.2) is 8.42 Å². The second-order valence-electron chi connectivity index (χ2n) is 4.93. The minimum absolute atomic E-state index is 0.0116. The van der Waals surface area contributed by atoms with Crippen molar-refractivity contribution in [2.75, 3.05) is 24.6 Å². The first-order chi connectivity index (χ1) is 7.89. The van der Waals surface area contributed by atoms with Crippen LogP contribution in [0.4, 0.5) is 0 Å². The molecule has 1 rings (SSSR count). The summed E-state index contributed by atoms with van der Waals surface area (Å²) < 4.78 is 22.4. The predicted molar refractivity (Wildman–Crippen MR) is 67.5 cm³/mol. The van der Waals surface area contributed by atoms with Gasteiger partial charge in [0.25, 0.3) is 0 Å². The number of rotatable bonds is 6. The van der Waals surface area contributed by atoms with E-state index in [1.165, 1.54) is 0 Å². The highest BCUT2D eigenvalue weighted by molar-refractivity contribution is 7.91. The van der Waals surface area contributed by atoms with Gasteiger partial charge in [-0.2, -0.15) is 0 Å². The van der Waals surface area contributed by atoms with Crippen LogP contribution in [-0.2, 0) is 14.6 Å². The van der Waals surface area contributed by atoms with Crippen LogP contribution in [0.3, 0.4) is 0 Å². The summed E-state index contributed by atoms with van der Waals surface area (Å²) in [7, 11) is -2.84. The molecular weight excluding hydrogens is 240 g/mol. The van der Waals surface area contributed by atoms with Crippen LogP contribution in [0, 0.1) is 5.92 Å². The molecule has 0 spiro atoms. The van der Waals surface area contributed by atoms with Gasteiger partial charge in [-0.15, -0.1) is 0 Å². The van der Waals surface area contributed by atoms with Gasteiger partial charge in [0.1, 0.15) is 0 Å². The lowest BCUT2D eigenvalue weighted by Gasteiger charge is -2.11. The topological polar surface area (TPSA) is 75.3 Å². The molecule has 1 saturated heterocycles. The molecule has 1 heterocycles. The van der Waals surface area contributed by atoms with Crippen molar-refractivity contribution in [3.05, 3.63) is 0 Å². The number of hydrogen-bond acceptors (Lipinski definition) is 4. The first-order valence-electron chi connectivity index (χ1n) is 6.09. The monoisotopic (exact) mass is 262 g/mol. The number of carbonyl (C=O) groups is 1. The van der Waals surface area contributed by atoms with Crippen LogP contribution in [0.2, 0.25) is 0 Å². The predicted octanol–water partition coefficient (Wildman–Crippen LogP) is -0.0746. The Labute approximate surface area is 103 Å². The molecule has 0 aromatic heterocycles. The summed E-state index contributed by atoms with van der Waals surface area (Å²) in [6, 6.07) is 0.378. The third kappa shape index (κ3) is 6.02. The van der Waals surface area contributed by atoms with Crippen molar-refractivity contribution < 1.29 is 13.2 Å². The Hall–Kier alpha value is -0.620. The fourth-order valence-electron chi connectivity index (χ4n) is 1.85. The summed E-state index contributed by atoms with van der Waals surface area (Å²) in [6.07, 6.45) is 1.12. The molecule has 100 valence electrons. The van der Waals surface area contributed by atoms with E-state index in [9.17, 15) is 13.2 Å². The van der Waals surface area contributed by atoms with Crippen LogP contribution in [0.1, 0.15) is 26.7 Å². The van der Waals surface area contributed by atoms with Crippen LogP contribution < -0.4 is 10.6 Å². The van der Waals surface area contributed by atoms with Crippen LogP contribution in [0.15, 0.2) is 0 Å². The number of nitrogens with one attached hydrogen (secondary N) is 2. The van der Waals surface area contributed by atoms with Gasteiger partial charge in [-0.1, -0.05) is 13.8 Å². The standard InChI is InChI=1S/C11H22N2O3S/c1-9(2)12-5-3-11(14)13-7-10-4-6-17(15,16)8-10/h9-10,12H,3-8H2,1-2H3,(H,13,14). The van der Waals surface area contributed by atoms with E-state index >= 15 is 0 Å². The molecule has 0 bridgehead atoms. The van der Waals surface area contributed by atoms with Gasteiger partial charge in [0.05, 0.1) is 11.5 Å². The summed E-state index contributed by atoms with van der Waals surface area (Å²) in [5, 5.41) is 5.95. The first kappa shape index (κ1) is 14.4. The molecule has 1 atom stereocenters. The molecule has 0 aromatic carbocycles. The van der Waals surface area contributed by atoms with Gasteiger partial charge in [-0.05, 0) is 12.3 Å². The van der Waals surface area contributed by atoms with E-state index in [-0.39, 0.29) is 23.3 Å². The van der Waals surface area contributed by atoms with Gasteiger partial charge in [0.2, 0.25) is 5.91 Å². The largest absolute Gasteiger partial charge is 0.356 e. The molecule has 0 aliphatic carbocycles. The highest BCUT2D eigenvalue weighted by Crippen LogP contribution is 2.17. The Kier molecular flexibility index (Phi) is 5.39. The first-order valence-corrected chi connectivity index (χ1v) is 7.91. The third-order valence-electron chi connectivity index (χ3n) is 2.82. The van der Waals surface area contributed by atoms with Crippen LogP contribution >= 0.6 is 0 Å². The SMILES string of the molecule is CC(C)NCCC(=O)NCC1CCS(=O)(=O)C1. The molecule has 1 aliphatic heterocycles. The van der Waals surface area contributed by atoms with E-state index in [1.807, 2.05) is 13.8 Å². The maximum atomic E-state index is 11.4. The Morgan fingerprint density at radius 1 is 1.41 bits per heavy atom. The van der Waals surface area contributed by atoms with E-state index in [0.29, 0.717) is 32.0 Å². The molecule has 6 heteroatoms. The zero-order chi connectivity index (χ0) is 12.9. The number of sulfone groups is 1. The van der Waals surface area contributed by atoms with Crippen molar-refractivity contribution in [2.45, 2.75) is 32.7 Å². The van der Waals surface area contributed by atoms with Crippen molar-refractivity contribution in [3.63, 3.8) is 0 Å².